The Labute approximate surface area is 278 Å². The highest BCUT2D eigenvalue weighted by Crippen LogP contribution is 2.54. The van der Waals surface area contributed by atoms with Gasteiger partial charge in [-0.05, 0) is 31.0 Å². The highest BCUT2D eigenvalue weighted by atomic mass is 35.5. The number of methoxy groups -OCH3 is 1. The number of fused-ring (bicyclic) bond motifs is 2. The lowest BCUT2D eigenvalue weighted by atomic mass is 9.77. The molecule has 0 saturated carbocycles. The molecule has 2 aromatic rings. The number of cyclic esters (lactones) is 1. The van der Waals surface area contributed by atoms with Crippen LogP contribution >= 0.6 is 11.6 Å². The summed E-state index contributed by atoms with van der Waals surface area (Å²) in [5, 5.41) is 13.6. The minimum Gasteiger partial charge on any atom is -0.455 e. The number of hydrogen-bond donors (Lipinski definition) is 2. The first-order valence-corrected chi connectivity index (χ1v) is 16.1. The number of aliphatic hydroxyl groups is 1. The predicted molar refractivity (Wildman–Crippen MR) is 172 cm³/mol. The molecule has 248 valence electrons. The molecule has 2 N–H and O–H groups in total. The summed E-state index contributed by atoms with van der Waals surface area (Å²) in [6.45, 7) is 1.44. The van der Waals surface area contributed by atoms with Crippen LogP contribution in [0.1, 0.15) is 31.4 Å². The third kappa shape index (κ3) is 5.86. The van der Waals surface area contributed by atoms with E-state index in [1.54, 1.807) is 79.8 Å². The second-order valence-corrected chi connectivity index (χ2v) is 12.7. The molecule has 0 aromatic heterocycles. The topological polar surface area (TPSA) is 135 Å². The molecule has 6 rings (SSSR count). The van der Waals surface area contributed by atoms with Gasteiger partial charge in [0.05, 0.1) is 48.0 Å². The number of anilines is 1. The van der Waals surface area contributed by atoms with Crippen LogP contribution in [-0.2, 0) is 33.4 Å². The maximum Gasteiger partial charge on any atom is 0.313 e. The summed E-state index contributed by atoms with van der Waals surface area (Å²) in [6.07, 6.45) is 5.49. The number of allylic oxidation sites excluding steroid dienone is 1. The normalized spacial score (nSPS) is 32.3. The van der Waals surface area contributed by atoms with Gasteiger partial charge in [-0.2, -0.15) is 0 Å². The molecule has 2 aromatic carbocycles. The Balaban J connectivity index is 1.46. The Morgan fingerprint density at radius 2 is 1.81 bits per heavy atom. The van der Waals surface area contributed by atoms with Gasteiger partial charge in [-0.25, -0.2) is 0 Å². The number of halogens is 1. The van der Waals surface area contributed by atoms with Crippen molar-refractivity contribution in [1.29, 1.82) is 0 Å². The first kappa shape index (κ1) is 32.9. The van der Waals surface area contributed by atoms with Crippen molar-refractivity contribution in [2.24, 2.45) is 11.8 Å². The van der Waals surface area contributed by atoms with Gasteiger partial charge < -0.3 is 34.4 Å². The zero-order chi connectivity index (χ0) is 33.3. The fraction of sp³-hybridized carbons (Fsp3) is 0.429. The largest absolute Gasteiger partial charge is 0.455 e. The van der Waals surface area contributed by atoms with Crippen LogP contribution in [0, 0.1) is 11.8 Å². The summed E-state index contributed by atoms with van der Waals surface area (Å²) in [5.41, 5.74) is -0.467. The van der Waals surface area contributed by atoms with Crippen molar-refractivity contribution in [2.75, 3.05) is 31.8 Å². The van der Waals surface area contributed by atoms with E-state index in [4.69, 9.17) is 25.8 Å². The van der Waals surface area contributed by atoms with Crippen molar-refractivity contribution in [3.8, 4) is 0 Å². The Hall–Kier alpha value is -4.03. The van der Waals surface area contributed by atoms with Gasteiger partial charge in [0.1, 0.15) is 23.7 Å². The number of rotatable bonds is 6. The van der Waals surface area contributed by atoms with Gasteiger partial charge in [0.2, 0.25) is 11.8 Å². The molecule has 4 heterocycles. The first-order chi connectivity index (χ1) is 22.7. The number of likely N-dealkylation sites (tertiary alicyclic amines) is 1. The summed E-state index contributed by atoms with van der Waals surface area (Å²) in [6, 6.07) is 13.2. The van der Waals surface area contributed by atoms with Gasteiger partial charge in [0, 0.05) is 20.1 Å². The maximum absolute atomic E-state index is 14.6. The Kier molecular flexibility index (Phi) is 9.52. The van der Waals surface area contributed by atoms with Gasteiger partial charge in [0.15, 0.2) is 0 Å². The van der Waals surface area contributed by atoms with Gasteiger partial charge in [-0.15, -0.1) is 0 Å². The number of para-hydroxylation sites is 1. The first-order valence-electron chi connectivity index (χ1n) is 15.8. The third-order valence-corrected chi connectivity index (χ3v) is 9.70. The van der Waals surface area contributed by atoms with Gasteiger partial charge in [-0.3, -0.25) is 19.2 Å². The molecule has 3 amide bonds. The minimum absolute atomic E-state index is 0.0598. The van der Waals surface area contributed by atoms with Crippen LogP contribution in [0.3, 0.4) is 0 Å². The molecule has 0 aliphatic carbocycles. The van der Waals surface area contributed by atoms with E-state index in [-0.39, 0.29) is 25.5 Å². The standard InChI is InChI=1S/C35H38ClN3O8/c1-21(19-40)39-31-33(43)38(25-14-7-6-13-23(25)36)18-10-17-35(31)29(32(39)42)28-26(47-35)15-8-9-16-27(41)37-24(20-45-2)30(46-34(28)44)22-11-4-3-5-12-22/h3-8,10-15,17,21,24,26,28-31,40H,9,16,18-20H2,1-2H3,(H,37,41)/b15-8-/t21-,24+,26+,28-,29-,30+,31+,35-/m1/s1. The predicted octanol–water partition coefficient (Wildman–Crippen LogP) is 2.97. The van der Waals surface area contributed by atoms with E-state index >= 15 is 0 Å². The SMILES string of the molecule is COC[C@@H]1NC(=O)CC/C=C\[C@@H]2O[C@@]34C=CCN(c5ccccc5Cl)C(=O)[C@@H]3N([C@H](C)CO)C(=O)[C@H]4[C@@H]2C(=O)O[C@H]1c1ccccc1. The molecule has 11 nitrogen and oxygen atoms in total. The quantitative estimate of drug-likeness (QED) is 0.356. The van der Waals surface area contributed by atoms with Crippen LogP contribution in [0.5, 0.6) is 0 Å². The van der Waals surface area contributed by atoms with Crippen molar-refractivity contribution in [2.45, 2.75) is 55.7 Å². The van der Waals surface area contributed by atoms with Crippen molar-refractivity contribution in [3.63, 3.8) is 0 Å². The molecular formula is C35H38ClN3O8. The molecule has 0 radical (unpaired) electrons. The number of benzene rings is 2. The number of nitrogens with one attached hydrogen (secondary N) is 1. The highest BCUT2D eigenvalue weighted by molar-refractivity contribution is 6.34. The van der Waals surface area contributed by atoms with E-state index in [1.807, 2.05) is 6.07 Å². The minimum atomic E-state index is -1.56. The van der Waals surface area contributed by atoms with Crippen LogP contribution in [0.25, 0.3) is 0 Å². The molecule has 47 heavy (non-hydrogen) atoms. The second-order valence-electron chi connectivity index (χ2n) is 12.3. The van der Waals surface area contributed by atoms with Gasteiger partial charge in [-0.1, -0.05) is 78.4 Å². The molecule has 4 aliphatic heterocycles. The molecular weight excluding hydrogens is 626 g/mol. The molecule has 12 heteroatoms. The summed E-state index contributed by atoms with van der Waals surface area (Å²) in [4.78, 5) is 59.4. The Bertz CT molecular complexity index is 1580. The van der Waals surface area contributed by atoms with Crippen LogP contribution in [0.15, 0.2) is 78.9 Å². The van der Waals surface area contributed by atoms with Crippen LogP contribution in [-0.4, -0.2) is 90.4 Å². The van der Waals surface area contributed by atoms with E-state index < -0.39 is 72.2 Å². The smallest absolute Gasteiger partial charge is 0.313 e. The number of aliphatic hydroxyl groups excluding tert-OH is 1. The average molecular weight is 664 g/mol. The molecule has 0 unspecified atom stereocenters. The fourth-order valence-electron chi connectivity index (χ4n) is 7.28. The van der Waals surface area contributed by atoms with Crippen LogP contribution in [0.4, 0.5) is 5.69 Å². The number of amides is 3. The van der Waals surface area contributed by atoms with Crippen molar-refractivity contribution >= 4 is 41.0 Å². The summed E-state index contributed by atoms with van der Waals surface area (Å²) in [5.74, 6) is -4.21. The van der Waals surface area contributed by atoms with E-state index in [9.17, 15) is 24.3 Å². The second kappa shape index (κ2) is 13.6. The zero-order valence-corrected chi connectivity index (χ0v) is 26.9. The van der Waals surface area contributed by atoms with Crippen molar-refractivity contribution < 1.29 is 38.5 Å². The number of nitrogens with zero attached hydrogens (tertiary/aromatic N) is 2. The third-order valence-electron chi connectivity index (χ3n) is 9.38. The van der Waals surface area contributed by atoms with Gasteiger partial charge >= 0.3 is 5.97 Å². The van der Waals surface area contributed by atoms with E-state index in [2.05, 4.69) is 5.32 Å². The monoisotopic (exact) mass is 663 g/mol. The maximum atomic E-state index is 14.6. The number of carbonyl (C=O) groups is 4. The Morgan fingerprint density at radius 1 is 1.06 bits per heavy atom. The molecule has 4 aliphatic rings. The molecule has 2 saturated heterocycles. The van der Waals surface area contributed by atoms with Crippen LogP contribution < -0.4 is 10.2 Å². The van der Waals surface area contributed by atoms with Gasteiger partial charge in [0.25, 0.3) is 5.91 Å². The summed E-state index contributed by atoms with van der Waals surface area (Å²) < 4.78 is 18.4. The summed E-state index contributed by atoms with van der Waals surface area (Å²) >= 11 is 6.53. The molecule has 2 fully saturated rings. The van der Waals surface area contributed by atoms with E-state index in [0.717, 1.165) is 0 Å². The lowest BCUT2D eigenvalue weighted by Gasteiger charge is -2.37. The number of esters is 1. The Morgan fingerprint density at radius 3 is 2.53 bits per heavy atom. The lowest BCUT2D eigenvalue weighted by molar-refractivity contribution is -0.162. The van der Waals surface area contributed by atoms with E-state index in [1.165, 1.54) is 16.9 Å². The van der Waals surface area contributed by atoms with Crippen molar-refractivity contribution in [3.05, 3.63) is 89.5 Å². The number of carbonyl (C=O) groups excluding carboxylic acids is 4. The average Bonchev–Trinajstić information content (AvgIpc) is 3.46. The lowest BCUT2D eigenvalue weighted by Crippen LogP contribution is -2.57. The zero-order valence-electron chi connectivity index (χ0n) is 26.2. The van der Waals surface area contributed by atoms with E-state index in [0.29, 0.717) is 22.7 Å². The number of ether oxygens (including phenoxy) is 3. The molecule has 1 spiro atoms. The number of hydrogen-bond acceptors (Lipinski definition) is 8. The molecule has 8 atom stereocenters. The van der Waals surface area contributed by atoms with Crippen LogP contribution in [0.2, 0.25) is 5.02 Å². The fourth-order valence-corrected chi connectivity index (χ4v) is 7.52. The molecule has 0 bridgehead atoms. The van der Waals surface area contributed by atoms with Crippen molar-refractivity contribution in [1.82, 2.24) is 10.2 Å². The summed E-state index contributed by atoms with van der Waals surface area (Å²) in [7, 11) is 1.50. The highest BCUT2D eigenvalue weighted by Gasteiger charge is 2.72.